The number of aryl methyl sites for hydroxylation is 1. The normalized spacial score (nSPS) is 15.4. The van der Waals surface area contributed by atoms with Crippen molar-refractivity contribution in [2.45, 2.75) is 68.9 Å². The number of nitrogens with one attached hydrogen (secondary N) is 1. The number of hydrogen-bond donors (Lipinski definition) is 3. The number of hydrogen-bond acceptors (Lipinski definition) is 6. The van der Waals surface area contributed by atoms with Gasteiger partial charge in [-0.15, -0.1) is 13.2 Å². The number of benzene rings is 2. The molecule has 0 amide bonds. The second kappa shape index (κ2) is 12.2. The van der Waals surface area contributed by atoms with E-state index in [4.69, 9.17) is 5.11 Å². The van der Waals surface area contributed by atoms with Gasteiger partial charge in [0.1, 0.15) is 5.75 Å². The minimum absolute atomic E-state index is 0.0594. The van der Waals surface area contributed by atoms with Gasteiger partial charge in [0.2, 0.25) is 10.0 Å². The van der Waals surface area contributed by atoms with Gasteiger partial charge in [0.15, 0.2) is 0 Å². The predicted octanol–water partition coefficient (Wildman–Crippen LogP) is 3.76. The number of likely N-dealkylation sites (N-methyl/N-ethyl adjacent to an activating group) is 1. The van der Waals surface area contributed by atoms with Crippen molar-refractivity contribution in [3.05, 3.63) is 59.2 Å². The number of aliphatic hydroxyl groups is 1. The highest BCUT2D eigenvalue weighted by molar-refractivity contribution is 7.89. The minimum atomic E-state index is -5.06. The second-order valence-corrected chi connectivity index (χ2v) is 12.8. The Hall–Kier alpha value is -2.67. The molecule has 0 saturated heterocycles. The summed E-state index contributed by atoms with van der Waals surface area (Å²) in [6.45, 7) is 3.84. The molecule has 3 rings (SSSR count). The fraction of sp³-hybridized carbons (Fsp3) is 0.519. The second-order valence-electron chi connectivity index (χ2n) is 10.7. The molecule has 0 radical (unpaired) electrons. The molecule has 0 bridgehead atoms. The van der Waals surface area contributed by atoms with Crippen molar-refractivity contribution >= 4 is 16.0 Å². The molecule has 0 fully saturated rings. The molecule has 2 aromatic carbocycles. The summed E-state index contributed by atoms with van der Waals surface area (Å²) in [5.74, 6) is -1.50. The van der Waals surface area contributed by atoms with E-state index in [9.17, 15) is 31.5 Å². The highest BCUT2D eigenvalue weighted by Gasteiger charge is 2.33. The number of carboxylic acids is 1. The lowest BCUT2D eigenvalue weighted by Gasteiger charge is -2.31. The van der Waals surface area contributed by atoms with Crippen LogP contribution < -0.4 is 10.1 Å². The Balaban J connectivity index is 1.62. The van der Waals surface area contributed by atoms with E-state index >= 15 is 0 Å². The Labute approximate surface area is 226 Å². The molecule has 0 saturated carbocycles. The van der Waals surface area contributed by atoms with Crippen LogP contribution >= 0.6 is 0 Å². The summed E-state index contributed by atoms with van der Waals surface area (Å²) in [4.78, 5) is 10.4. The number of carboxylic acid groups (broad SMARTS) is 1. The smallest absolute Gasteiger partial charge is 0.481 e. The standard InChI is InChI=1S/C27H35F3N2O6S/c1-26(2,15-19-10-20-6-4-5-7-21(20)11-19)31-16-22(33)17-32(3)39(36,37)24-13-18(8-9-25(34)35)12-23(14-24)38-27(28,29)30/h4-7,12-14,19,22,31,33H,8-11,15-17H2,1-3H3,(H,34,35)/t22-/m1/s1. The van der Waals surface area contributed by atoms with Crippen molar-refractivity contribution in [2.24, 2.45) is 5.92 Å². The molecule has 0 aromatic heterocycles. The topological polar surface area (TPSA) is 116 Å². The fourth-order valence-corrected chi connectivity index (χ4v) is 6.28. The number of carbonyl (C=O) groups is 1. The maximum absolute atomic E-state index is 13.2. The van der Waals surface area contributed by atoms with Gasteiger partial charge in [-0.2, -0.15) is 4.31 Å². The minimum Gasteiger partial charge on any atom is -0.481 e. The predicted molar refractivity (Wildman–Crippen MR) is 139 cm³/mol. The van der Waals surface area contributed by atoms with Crippen LogP contribution in [0.1, 0.15) is 43.4 Å². The third-order valence-corrected chi connectivity index (χ3v) is 8.53. The van der Waals surface area contributed by atoms with Crippen LogP contribution in [0.3, 0.4) is 0 Å². The van der Waals surface area contributed by atoms with Crippen LogP contribution in [0.2, 0.25) is 0 Å². The Morgan fingerprint density at radius 1 is 1.15 bits per heavy atom. The number of ether oxygens (including phenoxy) is 1. The quantitative estimate of drug-likeness (QED) is 0.335. The zero-order valence-corrected chi connectivity index (χ0v) is 23.0. The van der Waals surface area contributed by atoms with E-state index in [0.717, 1.165) is 41.8 Å². The Bertz CT molecular complexity index is 1240. The van der Waals surface area contributed by atoms with Crippen LogP contribution in [0, 0.1) is 5.92 Å². The molecule has 8 nitrogen and oxygen atoms in total. The van der Waals surface area contributed by atoms with Crippen molar-refractivity contribution in [3.8, 4) is 5.75 Å². The number of β-amino-alcohol motifs (C(OH)–C–C–N with tert-alkyl or cyclic N) is 1. The molecular formula is C27H35F3N2O6S. The zero-order valence-electron chi connectivity index (χ0n) is 22.2. The van der Waals surface area contributed by atoms with Crippen LogP contribution in [0.15, 0.2) is 47.4 Å². The zero-order chi connectivity index (χ0) is 29.0. The van der Waals surface area contributed by atoms with Gasteiger partial charge < -0.3 is 20.3 Å². The summed E-state index contributed by atoms with van der Waals surface area (Å²) in [6.07, 6.45) is -3.93. The molecule has 216 valence electrons. The fourth-order valence-electron chi connectivity index (χ4n) is 4.99. The molecule has 12 heteroatoms. The van der Waals surface area contributed by atoms with Crippen LogP contribution in [0.5, 0.6) is 5.75 Å². The van der Waals surface area contributed by atoms with Crippen molar-refractivity contribution in [3.63, 3.8) is 0 Å². The number of sulfonamides is 1. The lowest BCUT2D eigenvalue weighted by atomic mass is 9.88. The average Bonchev–Trinajstić information content (AvgIpc) is 3.21. The highest BCUT2D eigenvalue weighted by Crippen LogP contribution is 2.32. The number of rotatable bonds is 13. The van der Waals surface area contributed by atoms with Gasteiger partial charge in [-0.3, -0.25) is 4.79 Å². The first-order valence-electron chi connectivity index (χ1n) is 12.6. The van der Waals surface area contributed by atoms with Gasteiger partial charge in [-0.25, -0.2) is 8.42 Å². The SMILES string of the molecule is CN(C[C@H](O)CNC(C)(C)CC1Cc2ccccc2C1)S(=O)(=O)c1cc(CCC(=O)O)cc(OC(F)(F)F)c1. The summed E-state index contributed by atoms with van der Waals surface area (Å²) in [5.41, 5.74) is 2.43. The Morgan fingerprint density at radius 3 is 2.33 bits per heavy atom. The average molecular weight is 573 g/mol. The summed E-state index contributed by atoms with van der Waals surface area (Å²) >= 11 is 0. The van der Waals surface area contributed by atoms with Crippen LogP contribution in [0.25, 0.3) is 0 Å². The molecule has 39 heavy (non-hydrogen) atoms. The molecule has 0 unspecified atom stereocenters. The number of aliphatic carboxylic acids is 1. The van der Waals surface area contributed by atoms with Crippen molar-refractivity contribution in [2.75, 3.05) is 20.1 Å². The van der Waals surface area contributed by atoms with Crippen LogP contribution in [0.4, 0.5) is 13.2 Å². The van der Waals surface area contributed by atoms with Gasteiger partial charge >= 0.3 is 12.3 Å². The van der Waals surface area contributed by atoms with Gasteiger partial charge in [-0.05, 0) is 74.3 Å². The largest absolute Gasteiger partial charge is 0.573 e. The van der Waals surface area contributed by atoms with E-state index in [0.29, 0.717) is 5.92 Å². The maximum atomic E-state index is 13.2. The van der Waals surface area contributed by atoms with Crippen molar-refractivity contribution in [1.29, 1.82) is 0 Å². The molecule has 2 aromatic rings. The Kier molecular flexibility index (Phi) is 9.69. The Morgan fingerprint density at radius 2 is 1.77 bits per heavy atom. The lowest BCUT2D eigenvalue weighted by Crippen LogP contribution is -2.47. The molecule has 3 N–H and O–H groups in total. The third-order valence-electron chi connectivity index (χ3n) is 6.73. The maximum Gasteiger partial charge on any atom is 0.573 e. The van der Waals surface area contributed by atoms with Crippen LogP contribution in [-0.2, 0) is 34.1 Å². The van der Waals surface area contributed by atoms with E-state index in [1.165, 1.54) is 18.2 Å². The number of alkyl halides is 3. The van der Waals surface area contributed by atoms with E-state index in [1.807, 2.05) is 26.0 Å². The van der Waals surface area contributed by atoms with Gasteiger partial charge in [0.25, 0.3) is 0 Å². The summed E-state index contributed by atoms with van der Waals surface area (Å²) < 4.78 is 69.5. The van der Waals surface area contributed by atoms with Crippen LogP contribution in [-0.4, -0.2) is 67.0 Å². The van der Waals surface area contributed by atoms with Gasteiger partial charge in [0.05, 0.1) is 11.0 Å². The van der Waals surface area contributed by atoms with Gasteiger partial charge in [0, 0.05) is 38.2 Å². The molecule has 0 aliphatic heterocycles. The molecule has 0 heterocycles. The van der Waals surface area contributed by atoms with Crippen molar-refractivity contribution < 1.29 is 41.3 Å². The van der Waals surface area contributed by atoms with E-state index in [1.54, 1.807) is 0 Å². The molecule has 0 spiro atoms. The first-order chi connectivity index (χ1) is 18.0. The molecular weight excluding hydrogens is 537 g/mol. The van der Waals surface area contributed by atoms with E-state index in [2.05, 4.69) is 22.2 Å². The summed E-state index contributed by atoms with van der Waals surface area (Å²) in [7, 11) is -3.11. The summed E-state index contributed by atoms with van der Waals surface area (Å²) in [5, 5.41) is 22.8. The molecule has 1 aliphatic carbocycles. The van der Waals surface area contributed by atoms with E-state index < -0.39 is 45.5 Å². The number of nitrogens with zero attached hydrogens (tertiary/aromatic N) is 1. The lowest BCUT2D eigenvalue weighted by molar-refractivity contribution is -0.274. The van der Waals surface area contributed by atoms with Gasteiger partial charge in [-0.1, -0.05) is 24.3 Å². The number of aliphatic hydroxyl groups excluding tert-OH is 1. The number of halogens is 3. The monoisotopic (exact) mass is 572 g/mol. The van der Waals surface area contributed by atoms with Crippen molar-refractivity contribution in [1.82, 2.24) is 9.62 Å². The first kappa shape index (κ1) is 30.9. The highest BCUT2D eigenvalue weighted by atomic mass is 32.2. The first-order valence-corrected chi connectivity index (χ1v) is 14.1. The van der Waals surface area contributed by atoms with E-state index in [-0.39, 0.29) is 30.6 Å². The number of fused-ring (bicyclic) bond motifs is 1. The summed E-state index contributed by atoms with van der Waals surface area (Å²) in [6, 6.07) is 11.1. The third kappa shape index (κ3) is 9.20. The molecule has 1 atom stereocenters. The molecule has 1 aliphatic rings.